The molecule has 0 amide bonds. The largest absolute Gasteiger partial charge is 0.463 e. The van der Waals surface area contributed by atoms with Gasteiger partial charge < -0.3 is 9.47 Å². The minimum absolute atomic E-state index is 0.0525. The van der Waals surface area contributed by atoms with Crippen LogP contribution in [0.4, 0.5) is 0 Å². The highest BCUT2D eigenvalue weighted by molar-refractivity contribution is 5.69. The van der Waals surface area contributed by atoms with Crippen LogP contribution in [0.2, 0.25) is 0 Å². The van der Waals surface area contributed by atoms with E-state index in [2.05, 4.69) is 6.92 Å². The number of rotatable bonds is 24. The van der Waals surface area contributed by atoms with Crippen LogP contribution in [0.5, 0.6) is 0 Å². The molecule has 0 aromatic rings. The Morgan fingerprint density at radius 1 is 0.633 bits per heavy atom. The van der Waals surface area contributed by atoms with Crippen molar-refractivity contribution in [3.63, 3.8) is 0 Å². The van der Waals surface area contributed by atoms with Crippen molar-refractivity contribution in [2.75, 3.05) is 13.2 Å². The first kappa shape index (κ1) is 27.5. The number of esters is 1. The van der Waals surface area contributed by atoms with E-state index in [9.17, 15) is 4.79 Å². The average Bonchev–Trinajstić information content (AvgIpc) is 3.58. The molecule has 0 aliphatic carbocycles. The molecule has 1 aliphatic heterocycles. The summed E-state index contributed by atoms with van der Waals surface area (Å²) in [5.74, 6) is -0.0525. The maximum Gasteiger partial charge on any atom is 0.305 e. The van der Waals surface area contributed by atoms with E-state index in [0.717, 1.165) is 19.4 Å². The van der Waals surface area contributed by atoms with E-state index in [4.69, 9.17) is 9.47 Å². The first-order valence-corrected chi connectivity index (χ1v) is 13.6. The fourth-order valence-electron chi connectivity index (χ4n) is 4.12. The molecule has 1 rings (SSSR count). The second-order valence-corrected chi connectivity index (χ2v) is 9.46. The molecule has 1 fully saturated rings. The van der Waals surface area contributed by atoms with Gasteiger partial charge in [0.25, 0.3) is 0 Å². The summed E-state index contributed by atoms with van der Waals surface area (Å²) in [6.07, 6.45) is 29.9. The number of ether oxygens (including phenoxy) is 2. The predicted octanol–water partition coefficient (Wildman–Crippen LogP) is 8.53. The summed E-state index contributed by atoms with van der Waals surface area (Å²) in [7, 11) is 0. The van der Waals surface area contributed by atoms with E-state index in [-0.39, 0.29) is 12.1 Å². The summed E-state index contributed by atoms with van der Waals surface area (Å²) < 4.78 is 10.2. The highest BCUT2D eigenvalue weighted by Crippen LogP contribution is 2.15. The van der Waals surface area contributed by atoms with Gasteiger partial charge in [0, 0.05) is 6.42 Å². The molecule has 30 heavy (non-hydrogen) atoms. The number of carbonyl (C=O) groups is 1. The Morgan fingerprint density at radius 3 is 1.30 bits per heavy atom. The Balaban J connectivity index is 1.63. The second kappa shape index (κ2) is 21.7. The first-order chi connectivity index (χ1) is 14.8. The Kier molecular flexibility index (Phi) is 19.8. The van der Waals surface area contributed by atoms with Crippen molar-refractivity contribution in [1.82, 2.24) is 0 Å². The number of hydrogen-bond donors (Lipinski definition) is 0. The molecule has 1 atom stereocenters. The first-order valence-electron chi connectivity index (χ1n) is 13.6. The van der Waals surface area contributed by atoms with Crippen LogP contribution in [0, 0.1) is 0 Å². The number of epoxide rings is 1. The van der Waals surface area contributed by atoms with Crippen LogP contribution < -0.4 is 0 Å². The van der Waals surface area contributed by atoms with E-state index in [1.807, 2.05) is 0 Å². The summed E-state index contributed by atoms with van der Waals surface area (Å²) in [6.45, 7) is 3.50. The van der Waals surface area contributed by atoms with Gasteiger partial charge in [-0.3, -0.25) is 4.79 Å². The molecule has 178 valence electrons. The van der Waals surface area contributed by atoms with Gasteiger partial charge in [0.2, 0.25) is 0 Å². The molecule has 0 saturated carbocycles. The third-order valence-corrected chi connectivity index (χ3v) is 6.32. The molecular formula is C27H52O3. The van der Waals surface area contributed by atoms with Crippen molar-refractivity contribution in [3.05, 3.63) is 0 Å². The topological polar surface area (TPSA) is 38.8 Å². The van der Waals surface area contributed by atoms with E-state index in [0.29, 0.717) is 13.0 Å². The third kappa shape index (κ3) is 20.7. The Bertz CT molecular complexity index is 365. The molecule has 3 heteroatoms. The van der Waals surface area contributed by atoms with Gasteiger partial charge >= 0.3 is 5.97 Å². The lowest BCUT2D eigenvalue weighted by atomic mass is 10.0. The molecular weight excluding hydrogens is 372 g/mol. The Labute approximate surface area is 188 Å². The Morgan fingerprint density at radius 2 is 0.967 bits per heavy atom. The molecule has 0 bridgehead atoms. The van der Waals surface area contributed by atoms with Gasteiger partial charge in [-0.15, -0.1) is 0 Å². The lowest BCUT2D eigenvalue weighted by molar-refractivity contribution is -0.144. The molecule has 0 aromatic carbocycles. The van der Waals surface area contributed by atoms with Crippen molar-refractivity contribution < 1.29 is 14.3 Å². The number of unbranched alkanes of at least 4 members (excludes halogenated alkanes) is 20. The van der Waals surface area contributed by atoms with Gasteiger partial charge in [0.15, 0.2) is 0 Å². The monoisotopic (exact) mass is 424 g/mol. The zero-order valence-corrected chi connectivity index (χ0v) is 20.3. The molecule has 1 aliphatic rings. The zero-order valence-electron chi connectivity index (χ0n) is 20.3. The number of hydrogen-bond acceptors (Lipinski definition) is 3. The van der Waals surface area contributed by atoms with Crippen LogP contribution in [0.15, 0.2) is 0 Å². The maximum absolute atomic E-state index is 11.5. The van der Waals surface area contributed by atoms with E-state index >= 15 is 0 Å². The van der Waals surface area contributed by atoms with Crippen molar-refractivity contribution in [2.24, 2.45) is 0 Å². The van der Waals surface area contributed by atoms with Crippen molar-refractivity contribution in [1.29, 1.82) is 0 Å². The van der Waals surface area contributed by atoms with Crippen molar-refractivity contribution in [2.45, 2.75) is 154 Å². The van der Waals surface area contributed by atoms with Crippen LogP contribution in [0.25, 0.3) is 0 Å². The fraction of sp³-hybridized carbons (Fsp3) is 0.963. The summed E-state index contributed by atoms with van der Waals surface area (Å²) in [5.41, 5.74) is 0. The SMILES string of the molecule is CCCCCCCCCCCCCCCCCCCCCCCC(=O)OCC1CO1. The lowest BCUT2D eigenvalue weighted by Crippen LogP contribution is -2.09. The van der Waals surface area contributed by atoms with Gasteiger partial charge in [0.1, 0.15) is 12.7 Å². The molecule has 1 unspecified atom stereocenters. The highest BCUT2D eigenvalue weighted by Gasteiger charge is 2.23. The van der Waals surface area contributed by atoms with Gasteiger partial charge in [-0.05, 0) is 6.42 Å². The highest BCUT2D eigenvalue weighted by atomic mass is 16.6. The summed E-state index contributed by atoms with van der Waals surface area (Å²) in [6, 6.07) is 0. The van der Waals surface area contributed by atoms with Crippen LogP contribution in [-0.2, 0) is 14.3 Å². The molecule has 0 spiro atoms. The Hall–Kier alpha value is -0.570. The molecule has 0 aromatic heterocycles. The second-order valence-electron chi connectivity index (χ2n) is 9.46. The maximum atomic E-state index is 11.5. The molecule has 0 N–H and O–H groups in total. The van der Waals surface area contributed by atoms with Gasteiger partial charge in [0.05, 0.1) is 6.61 Å². The van der Waals surface area contributed by atoms with Crippen LogP contribution >= 0.6 is 0 Å². The smallest absolute Gasteiger partial charge is 0.305 e. The summed E-state index contributed by atoms with van der Waals surface area (Å²) in [5, 5.41) is 0. The molecule has 3 nitrogen and oxygen atoms in total. The zero-order chi connectivity index (χ0) is 21.5. The van der Waals surface area contributed by atoms with Crippen molar-refractivity contribution >= 4 is 5.97 Å². The van der Waals surface area contributed by atoms with E-state index in [1.54, 1.807) is 0 Å². The molecule has 1 heterocycles. The molecule has 0 radical (unpaired) electrons. The lowest BCUT2D eigenvalue weighted by Gasteiger charge is -2.04. The third-order valence-electron chi connectivity index (χ3n) is 6.32. The number of carbonyl (C=O) groups excluding carboxylic acids is 1. The average molecular weight is 425 g/mol. The van der Waals surface area contributed by atoms with Crippen LogP contribution in [-0.4, -0.2) is 25.3 Å². The summed E-state index contributed by atoms with van der Waals surface area (Å²) in [4.78, 5) is 11.5. The standard InChI is InChI=1S/C27H52O3/c1-2-3-4-5-6-7-8-9-10-11-12-13-14-15-16-17-18-19-20-21-22-23-27(28)30-25-26-24-29-26/h26H,2-25H2,1H3. The summed E-state index contributed by atoms with van der Waals surface area (Å²) >= 11 is 0. The normalized spacial score (nSPS) is 15.4. The van der Waals surface area contributed by atoms with Gasteiger partial charge in [-0.25, -0.2) is 0 Å². The van der Waals surface area contributed by atoms with E-state index < -0.39 is 0 Å². The van der Waals surface area contributed by atoms with Crippen LogP contribution in [0.1, 0.15) is 148 Å². The van der Waals surface area contributed by atoms with Crippen LogP contribution in [0.3, 0.4) is 0 Å². The minimum atomic E-state index is -0.0525. The van der Waals surface area contributed by atoms with Gasteiger partial charge in [-0.2, -0.15) is 0 Å². The fourth-order valence-corrected chi connectivity index (χ4v) is 4.12. The predicted molar refractivity (Wildman–Crippen MR) is 128 cm³/mol. The molecule has 1 saturated heterocycles. The van der Waals surface area contributed by atoms with Gasteiger partial charge in [-0.1, -0.05) is 135 Å². The quantitative estimate of drug-likeness (QED) is 0.0885. The van der Waals surface area contributed by atoms with E-state index in [1.165, 1.54) is 122 Å². The van der Waals surface area contributed by atoms with Crippen molar-refractivity contribution in [3.8, 4) is 0 Å². The minimum Gasteiger partial charge on any atom is -0.463 e.